The topological polar surface area (TPSA) is 9.23 Å². The van der Waals surface area contributed by atoms with Gasteiger partial charge in [-0.25, -0.2) is 0 Å². The van der Waals surface area contributed by atoms with Gasteiger partial charge in [-0.1, -0.05) is 24.6 Å². The van der Waals surface area contributed by atoms with Crippen LogP contribution < -0.4 is 4.74 Å². The van der Waals surface area contributed by atoms with Gasteiger partial charge < -0.3 is 4.74 Å². The van der Waals surface area contributed by atoms with Crippen LogP contribution in [0.25, 0.3) is 0 Å². The Morgan fingerprint density at radius 3 is 2.27 bits per heavy atom. The van der Waals surface area contributed by atoms with Crippen molar-refractivity contribution >= 4 is 0 Å². The first-order valence-corrected chi connectivity index (χ1v) is 4.76. The SMILES string of the molecule is FC(F)(F)Oc1ccccc1[C]1CCC1. The molecule has 0 heterocycles. The summed E-state index contributed by atoms with van der Waals surface area (Å²) in [5.74, 6) is 0.967. The second kappa shape index (κ2) is 3.76. The third-order valence-corrected chi connectivity index (χ3v) is 2.45. The molecule has 0 amide bonds. The maximum absolute atomic E-state index is 12.1. The summed E-state index contributed by atoms with van der Waals surface area (Å²) in [5.41, 5.74) is 0.598. The van der Waals surface area contributed by atoms with E-state index in [1.165, 1.54) is 6.07 Å². The quantitative estimate of drug-likeness (QED) is 0.731. The number of ether oxygens (including phenoxy) is 1. The number of para-hydroxylation sites is 1. The van der Waals surface area contributed by atoms with Crippen LogP contribution in [0, 0.1) is 5.92 Å². The molecular formula is C11H10F3O. The van der Waals surface area contributed by atoms with Crippen molar-refractivity contribution in [3.63, 3.8) is 0 Å². The Balaban J connectivity index is 2.21. The second-order valence-corrected chi connectivity index (χ2v) is 3.50. The van der Waals surface area contributed by atoms with Gasteiger partial charge in [-0.3, -0.25) is 0 Å². The van der Waals surface area contributed by atoms with Crippen molar-refractivity contribution in [3.05, 3.63) is 35.7 Å². The highest BCUT2D eigenvalue weighted by Gasteiger charge is 2.33. The lowest BCUT2D eigenvalue weighted by atomic mass is 9.80. The van der Waals surface area contributed by atoms with E-state index in [0.29, 0.717) is 5.56 Å². The average molecular weight is 215 g/mol. The molecule has 0 N–H and O–H groups in total. The van der Waals surface area contributed by atoms with Gasteiger partial charge in [-0.2, -0.15) is 0 Å². The number of rotatable bonds is 2. The van der Waals surface area contributed by atoms with Crippen molar-refractivity contribution in [3.8, 4) is 5.75 Å². The molecule has 1 aromatic rings. The fraction of sp³-hybridized carbons (Fsp3) is 0.364. The Kier molecular flexibility index (Phi) is 2.59. The lowest BCUT2D eigenvalue weighted by Crippen LogP contribution is -2.20. The molecule has 0 bridgehead atoms. The molecule has 81 valence electrons. The van der Waals surface area contributed by atoms with Crippen molar-refractivity contribution in [1.29, 1.82) is 0 Å². The number of hydrogen-bond acceptors (Lipinski definition) is 1. The lowest BCUT2D eigenvalue weighted by Gasteiger charge is -2.27. The fourth-order valence-corrected chi connectivity index (χ4v) is 1.60. The summed E-state index contributed by atoms with van der Waals surface area (Å²) in [6, 6.07) is 6.30. The number of hydrogen-bond donors (Lipinski definition) is 0. The monoisotopic (exact) mass is 215 g/mol. The van der Waals surface area contributed by atoms with Gasteiger partial charge in [0.1, 0.15) is 5.75 Å². The van der Waals surface area contributed by atoms with E-state index < -0.39 is 6.36 Å². The number of halogens is 3. The van der Waals surface area contributed by atoms with Gasteiger partial charge in [0.2, 0.25) is 0 Å². The van der Waals surface area contributed by atoms with Crippen LogP contribution in [0.1, 0.15) is 24.8 Å². The average Bonchev–Trinajstić information content (AvgIpc) is 2.02. The molecule has 0 aromatic heterocycles. The minimum Gasteiger partial charge on any atom is -0.405 e. The molecule has 15 heavy (non-hydrogen) atoms. The Bertz CT molecular complexity index is 342. The van der Waals surface area contributed by atoms with E-state index in [1.54, 1.807) is 18.2 Å². The Labute approximate surface area is 85.9 Å². The summed E-state index contributed by atoms with van der Waals surface area (Å²) in [4.78, 5) is 0. The van der Waals surface area contributed by atoms with E-state index in [4.69, 9.17) is 0 Å². The molecule has 1 saturated carbocycles. The summed E-state index contributed by atoms with van der Waals surface area (Å²) in [6.07, 6.45) is -1.81. The van der Waals surface area contributed by atoms with Gasteiger partial charge in [0.05, 0.1) is 0 Å². The van der Waals surface area contributed by atoms with Crippen LogP contribution in [0.5, 0.6) is 5.75 Å². The minimum absolute atomic E-state index is 0.0836. The highest BCUT2D eigenvalue weighted by atomic mass is 19.4. The molecule has 0 unspecified atom stereocenters. The first-order chi connectivity index (χ1) is 7.06. The summed E-state index contributed by atoms with van der Waals surface area (Å²) in [5, 5.41) is 0. The third kappa shape index (κ3) is 2.43. The van der Waals surface area contributed by atoms with E-state index in [-0.39, 0.29) is 5.75 Å². The van der Waals surface area contributed by atoms with Gasteiger partial charge >= 0.3 is 6.36 Å². The highest BCUT2D eigenvalue weighted by molar-refractivity contribution is 5.45. The van der Waals surface area contributed by atoms with Crippen LogP contribution in [-0.2, 0) is 0 Å². The molecule has 0 atom stereocenters. The molecule has 1 aromatic carbocycles. The highest BCUT2D eigenvalue weighted by Crippen LogP contribution is 2.40. The van der Waals surface area contributed by atoms with Crippen molar-refractivity contribution in [2.45, 2.75) is 25.6 Å². The first kappa shape index (κ1) is 10.3. The molecule has 0 aliphatic heterocycles. The van der Waals surface area contributed by atoms with Crippen LogP contribution in [0.3, 0.4) is 0 Å². The van der Waals surface area contributed by atoms with Gasteiger partial charge in [0.15, 0.2) is 0 Å². The maximum Gasteiger partial charge on any atom is 0.573 e. The van der Waals surface area contributed by atoms with Gasteiger partial charge in [0, 0.05) is 11.5 Å². The van der Waals surface area contributed by atoms with Crippen LogP contribution in [0.15, 0.2) is 24.3 Å². The predicted molar refractivity (Wildman–Crippen MR) is 49.3 cm³/mol. The number of alkyl halides is 3. The van der Waals surface area contributed by atoms with Gasteiger partial charge in [-0.15, -0.1) is 13.2 Å². The molecular weight excluding hydrogens is 205 g/mol. The van der Waals surface area contributed by atoms with E-state index in [9.17, 15) is 13.2 Å². The zero-order valence-corrected chi connectivity index (χ0v) is 7.97. The maximum atomic E-state index is 12.1. The minimum atomic E-state index is -4.61. The largest absolute Gasteiger partial charge is 0.573 e. The first-order valence-electron chi connectivity index (χ1n) is 4.76. The predicted octanol–water partition coefficient (Wildman–Crippen LogP) is 3.69. The standard InChI is InChI=1S/C11H10F3O/c12-11(13,14)15-10-7-2-1-6-9(10)8-4-3-5-8/h1-2,6-7H,3-5H2. The third-order valence-electron chi connectivity index (χ3n) is 2.45. The summed E-state index contributed by atoms with van der Waals surface area (Å²) >= 11 is 0. The molecule has 1 aliphatic rings. The van der Waals surface area contributed by atoms with Crippen molar-refractivity contribution in [2.24, 2.45) is 0 Å². The van der Waals surface area contributed by atoms with Gasteiger partial charge in [0.25, 0.3) is 0 Å². The van der Waals surface area contributed by atoms with E-state index in [0.717, 1.165) is 25.2 Å². The lowest BCUT2D eigenvalue weighted by molar-refractivity contribution is -0.274. The summed E-state index contributed by atoms with van der Waals surface area (Å²) in [7, 11) is 0. The Morgan fingerprint density at radius 1 is 1.07 bits per heavy atom. The zero-order chi connectivity index (χ0) is 10.9. The van der Waals surface area contributed by atoms with Gasteiger partial charge in [-0.05, 0) is 18.9 Å². The van der Waals surface area contributed by atoms with Crippen molar-refractivity contribution < 1.29 is 17.9 Å². The summed E-state index contributed by atoms with van der Waals surface area (Å²) in [6.45, 7) is 0. The van der Waals surface area contributed by atoms with E-state index in [1.807, 2.05) is 0 Å². The normalized spacial score (nSPS) is 17.3. The fourth-order valence-electron chi connectivity index (χ4n) is 1.60. The molecule has 1 aliphatic carbocycles. The molecule has 1 radical (unpaired) electrons. The summed E-state index contributed by atoms with van der Waals surface area (Å²) < 4.78 is 40.2. The zero-order valence-electron chi connectivity index (χ0n) is 7.97. The Morgan fingerprint density at radius 2 is 1.73 bits per heavy atom. The molecule has 1 nitrogen and oxygen atoms in total. The second-order valence-electron chi connectivity index (χ2n) is 3.50. The van der Waals surface area contributed by atoms with Crippen molar-refractivity contribution in [2.75, 3.05) is 0 Å². The Hall–Kier alpha value is -1.19. The number of benzene rings is 1. The smallest absolute Gasteiger partial charge is 0.405 e. The van der Waals surface area contributed by atoms with Crippen LogP contribution in [0.2, 0.25) is 0 Å². The van der Waals surface area contributed by atoms with Crippen LogP contribution in [-0.4, -0.2) is 6.36 Å². The van der Waals surface area contributed by atoms with Crippen LogP contribution in [0.4, 0.5) is 13.2 Å². The van der Waals surface area contributed by atoms with Crippen molar-refractivity contribution in [1.82, 2.24) is 0 Å². The van der Waals surface area contributed by atoms with E-state index >= 15 is 0 Å². The molecule has 0 spiro atoms. The molecule has 2 rings (SSSR count). The van der Waals surface area contributed by atoms with E-state index in [2.05, 4.69) is 4.74 Å². The molecule has 0 saturated heterocycles. The van der Waals surface area contributed by atoms with Crippen LogP contribution >= 0.6 is 0 Å². The molecule has 4 heteroatoms. The molecule has 1 fully saturated rings.